The van der Waals surface area contributed by atoms with Crippen molar-refractivity contribution in [3.63, 3.8) is 0 Å². The molecule has 1 aromatic rings. The molecule has 64 valence electrons. The van der Waals surface area contributed by atoms with Crippen molar-refractivity contribution in [3.8, 4) is 0 Å². The Balaban J connectivity index is 2.67. The van der Waals surface area contributed by atoms with Crippen LogP contribution >= 0.6 is 0 Å². The predicted octanol–water partition coefficient (Wildman–Crippen LogP) is 2.37. The Labute approximate surface area is 73.6 Å². The van der Waals surface area contributed by atoms with Crippen molar-refractivity contribution >= 4 is 5.69 Å². The van der Waals surface area contributed by atoms with Crippen LogP contribution in [0.1, 0.15) is 28.7 Å². The van der Waals surface area contributed by atoms with Gasteiger partial charge in [-0.05, 0) is 55.4 Å². The van der Waals surface area contributed by atoms with Crippen molar-refractivity contribution in [1.29, 1.82) is 0 Å². The monoisotopic (exact) mass is 161 g/mol. The third-order valence-electron chi connectivity index (χ3n) is 2.97. The normalized spacial score (nSPS) is 14.8. The lowest BCUT2D eigenvalue weighted by Crippen LogP contribution is -1.98. The van der Waals surface area contributed by atoms with E-state index in [-0.39, 0.29) is 0 Å². The zero-order valence-corrected chi connectivity index (χ0v) is 7.78. The van der Waals surface area contributed by atoms with Crippen LogP contribution < -0.4 is 5.73 Å². The molecule has 0 aliphatic heterocycles. The number of fused-ring (bicyclic) bond motifs is 1. The molecule has 0 spiro atoms. The van der Waals surface area contributed by atoms with E-state index in [1.165, 1.54) is 41.5 Å². The molecule has 0 unspecified atom stereocenters. The molecule has 0 saturated heterocycles. The van der Waals surface area contributed by atoms with Crippen LogP contribution in [-0.4, -0.2) is 0 Å². The first-order valence-electron chi connectivity index (χ1n) is 4.57. The lowest BCUT2D eigenvalue weighted by atomic mass is 9.99. The minimum absolute atomic E-state index is 1.04. The Morgan fingerprint density at radius 3 is 2.75 bits per heavy atom. The maximum atomic E-state index is 6.03. The molecule has 0 fully saturated rings. The molecule has 1 nitrogen and oxygen atoms in total. The zero-order valence-electron chi connectivity index (χ0n) is 7.78. The molecule has 2 rings (SSSR count). The van der Waals surface area contributed by atoms with Crippen LogP contribution in [0.5, 0.6) is 0 Å². The Hall–Kier alpha value is -0.980. The van der Waals surface area contributed by atoms with Gasteiger partial charge in [-0.25, -0.2) is 0 Å². The van der Waals surface area contributed by atoms with Gasteiger partial charge in [0.15, 0.2) is 0 Å². The van der Waals surface area contributed by atoms with Gasteiger partial charge in [0.05, 0.1) is 0 Å². The van der Waals surface area contributed by atoms with E-state index in [4.69, 9.17) is 5.73 Å². The molecule has 0 heterocycles. The highest BCUT2D eigenvalue weighted by Gasteiger charge is 2.15. The SMILES string of the molecule is Cc1cc2c(c(N)c1C)CCC2. The number of hydrogen-bond acceptors (Lipinski definition) is 1. The van der Waals surface area contributed by atoms with Gasteiger partial charge in [0.1, 0.15) is 0 Å². The van der Waals surface area contributed by atoms with Gasteiger partial charge in [0.25, 0.3) is 0 Å². The predicted molar refractivity (Wildman–Crippen MR) is 52.4 cm³/mol. The fourth-order valence-electron chi connectivity index (χ4n) is 2.04. The van der Waals surface area contributed by atoms with Gasteiger partial charge in [0.2, 0.25) is 0 Å². The highest BCUT2D eigenvalue weighted by Crippen LogP contribution is 2.31. The topological polar surface area (TPSA) is 26.0 Å². The highest BCUT2D eigenvalue weighted by molar-refractivity contribution is 5.60. The second kappa shape index (κ2) is 2.51. The molecule has 2 N–H and O–H groups in total. The summed E-state index contributed by atoms with van der Waals surface area (Å²) >= 11 is 0. The third kappa shape index (κ3) is 0.927. The van der Waals surface area contributed by atoms with E-state index in [0.717, 1.165) is 5.69 Å². The van der Waals surface area contributed by atoms with Crippen molar-refractivity contribution in [2.45, 2.75) is 33.1 Å². The fraction of sp³-hybridized carbons (Fsp3) is 0.455. The molecule has 0 saturated carbocycles. The van der Waals surface area contributed by atoms with Gasteiger partial charge in [0, 0.05) is 5.69 Å². The summed E-state index contributed by atoms with van der Waals surface area (Å²) in [7, 11) is 0. The lowest BCUT2D eigenvalue weighted by molar-refractivity contribution is 0.912. The third-order valence-corrected chi connectivity index (χ3v) is 2.97. The van der Waals surface area contributed by atoms with E-state index >= 15 is 0 Å². The van der Waals surface area contributed by atoms with E-state index < -0.39 is 0 Å². The summed E-state index contributed by atoms with van der Waals surface area (Å²) in [5.41, 5.74) is 12.6. The number of nitrogens with two attached hydrogens (primary N) is 1. The first kappa shape index (κ1) is 7.66. The molecular weight excluding hydrogens is 146 g/mol. The maximum Gasteiger partial charge on any atom is 0.0381 e. The van der Waals surface area contributed by atoms with Crippen LogP contribution in [-0.2, 0) is 12.8 Å². The Morgan fingerprint density at radius 2 is 2.00 bits per heavy atom. The van der Waals surface area contributed by atoms with Crippen LogP contribution in [0, 0.1) is 13.8 Å². The number of nitrogen functional groups attached to an aromatic ring is 1. The number of aryl methyl sites for hydroxylation is 2. The number of rotatable bonds is 0. The molecule has 1 aromatic carbocycles. The minimum atomic E-state index is 1.04. The molecule has 1 heteroatoms. The smallest absolute Gasteiger partial charge is 0.0381 e. The quantitative estimate of drug-likeness (QED) is 0.581. The summed E-state index contributed by atoms with van der Waals surface area (Å²) in [6.45, 7) is 4.26. The van der Waals surface area contributed by atoms with Crippen molar-refractivity contribution in [1.82, 2.24) is 0 Å². The van der Waals surface area contributed by atoms with Crippen molar-refractivity contribution in [3.05, 3.63) is 28.3 Å². The molecule has 0 bridgehead atoms. The zero-order chi connectivity index (χ0) is 8.72. The van der Waals surface area contributed by atoms with Crippen molar-refractivity contribution in [2.24, 2.45) is 0 Å². The molecule has 0 amide bonds. The molecule has 0 radical (unpaired) electrons. The van der Waals surface area contributed by atoms with Gasteiger partial charge in [-0.1, -0.05) is 6.07 Å². The Kier molecular flexibility index (Phi) is 1.60. The summed E-state index contributed by atoms with van der Waals surface area (Å²) in [4.78, 5) is 0. The maximum absolute atomic E-state index is 6.03. The van der Waals surface area contributed by atoms with Crippen LogP contribution in [0.2, 0.25) is 0 Å². The summed E-state index contributed by atoms with van der Waals surface area (Å²) in [6.07, 6.45) is 3.69. The van der Waals surface area contributed by atoms with Gasteiger partial charge >= 0.3 is 0 Å². The van der Waals surface area contributed by atoms with Gasteiger partial charge in [-0.15, -0.1) is 0 Å². The van der Waals surface area contributed by atoms with Gasteiger partial charge < -0.3 is 5.73 Å². The van der Waals surface area contributed by atoms with Crippen LogP contribution in [0.15, 0.2) is 6.07 Å². The van der Waals surface area contributed by atoms with E-state index in [2.05, 4.69) is 19.9 Å². The number of hydrogen-bond donors (Lipinski definition) is 1. The molecule has 12 heavy (non-hydrogen) atoms. The van der Waals surface area contributed by atoms with Gasteiger partial charge in [-0.3, -0.25) is 0 Å². The van der Waals surface area contributed by atoms with Crippen molar-refractivity contribution < 1.29 is 0 Å². The first-order valence-corrected chi connectivity index (χ1v) is 4.57. The van der Waals surface area contributed by atoms with E-state index in [0.29, 0.717) is 0 Å². The molecule has 0 atom stereocenters. The largest absolute Gasteiger partial charge is 0.398 e. The molecule has 0 aromatic heterocycles. The number of benzene rings is 1. The average Bonchev–Trinajstić information content (AvgIpc) is 2.48. The van der Waals surface area contributed by atoms with Crippen LogP contribution in [0.3, 0.4) is 0 Å². The number of anilines is 1. The van der Waals surface area contributed by atoms with Gasteiger partial charge in [-0.2, -0.15) is 0 Å². The van der Waals surface area contributed by atoms with Crippen LogP contribution in [0.25, 0.3) is 0 Å². The fourth-order valence-corrected chi connectivity index (χ4v) is 2.04. The van der Waals surface area contributed by atoms with E-state index in [1.54, 1.807) is 0 Å². The second-order valence-electron chi connectivity index (χ2n) is 3.72. The van der Waals surface area contributed by atoms with Crippen LogP contribution in [0.4, 0.5) is 5.69 Å². The summed E-state index contributed by atoms with van der Waals surface area (Å²) in [5.74, 6) is 0. The highest BCUT2D eigenvalue weighted by atomic mass is 14.6. The first-order chi connectivity index (χ1) is 5.70. The molecular formula is C11H15N. The minimum Gasteiger partial charge on any atom is -0.398 e. The summed E-state index contributed by atoms with van der Waals surface area (Å²) < 4.78 is 0. The average molecular weight is 161 g/mol. The van der Waals surface area contributed by atoms with E-state index in [9.17, 15) is 0 Å². The summed E-state index contributed by atoms with van der Waals surface area (Å²) in [6, 6.07) is 2.30. The standard InChI is InChI=1S/C11H15N/c1-7-6-9-4-3-5-10(9)11(12)8(7)2/h6H,3-5,12H2,1-2H3. The summed E-state index contributed by atoms with van der Waals surface area (Å²) in [5, 5.41) is 0. The van der Waals surface area contributed by atoms with E-state index in [1.807, 2.05) is 0 Å². The Morgan fingerprint density at radius 1 is 1.25 bits per heavy atom. The molecule has 1 aliphatic rings. The second-order valence-corrected chi connectivity index (χ2v) is 3.72. The molecule has 1 aliphatic carbocycles. The van der Waals surface area contributed by atoms with Crippen molar-refractivity contribution in [2.75, 3.05) is 5.73 Å². The Bertz CT molecular complexity index is 326. The lowest BCUT2D eigenvalue weighted by Gasteiger charge is -2.10.